The number of methoxy groups -OCH3 is 2. The number of nitrogens with zero attached hydrogens (tertiary/aromatic N) is 5. The molecule has 0 unspecified atom stereocenters. The number of aryl methyl sites for hydroxylation is 1. The molecule has 10 nitrogen and oxygen atoms in total. The molecule has 0 bridgehead atoms. The van der Waals surface area contributed by atoms with Gasteiger partial charge in [-0.1, -0.05) is 6.92 Å². The topological polar surface area (TPSA) is 110 Å². The van der Waals surface area contributed by atoms with E-state index in [1.54, 1.807) is 37.8 Å². The normalized spacial score (nSPS) is 14.1. The number of sulfone groups is 1. The van der Waals surface area contributed by atoms with Crippen molar-refractivity contribution in [2.75, 3.05) is 69.2 Å². The van der Waals surface area contributed by atoms with Crippen LogP contribution in [-0.4, -0.2) is 87.2 Å². The zero-order valence-corrected chi connectivity index (χ0v) is 27.0. The number of thiazole rings is 1. The van der Waals surface area contributed by atoms with E-state index in [0.717, 1.165) is 34.0 Å². The summed E-state index contributed by atoms with van der Waals surface area (Å²) in [5.41, 5.74) is 3.39. The summed E-state index contributed by atoms with van der Waals surface area (Å²) in [6.07, 6.45) is 4.73. The fraction of sp³-hybridized carbons (Fsp3) is 0.387. The molecule has 0 amide bonds. The molecule has 234 valence electrons. The first-order chi connectivity index (χ1) is 21.1. The number of benzene rings is 2. The first kappa shape index (κ1) is 31.6. The number of ether oxygens (including phenoxy) is 2. The van der Waals surface area contributed by atoms with E-state index in [-0.39, 0.29) is 11.6 Å². The van der Waals surface area contributed by atoms with Gasteiger partial charge in [-0.05, 0) is 49.2 Å². The molecule has 1 saturated heterocycles. The van der Waals surface area contributed by atoms with Crippen LogP contribution in [0, 0.1) is 5.82 Å². The minimum absolute atomic E-state index is 0.130. The van der Waals surface area contributed by atoms with Gasteiger partial charge in [0.05, 0.1) is 46.9 Å². The molecule has 3 heterocycles. The van der Waals surface area contributed by atoms with Crippen molar-refractivity contribution < 1.29 is 22.3 Å². The molecule has 2 aromatic carbocycles. The fourth-order valence-electron chi connectivity index (χ4n) is 5.02. The highest BCUT2D eigenvalue weighted by molar-refractivity contribution is 7.90. The zero-order valence-electron chi connectivity index (χ0n) is 25.3. The van der Waals surface area contributed by atoms with Gasteiger partial charge in [-0.3, -0.25) is 4.90 Å². The van der Waals surface area contributed by atoms with Crippen LogP contribution < -0.4 is 19.7 Å². The summed E-state index contributed by atoms with van der Waals surface area (Å²) >= 11 is 1.59. The van der Waals surface area contributed by atoms with Gasteiger partial charge in [-0.15, -0.1) is 11.3 Å². The molecule has 0 atom stereocenters. The van der Waals surface area contributed by atoms with Crippen LogP contribution in [0.1, 0.15) is 18.4 Å². The lowest BCUT2D eigenvalue weighted by molar-refractivity contribution is 0.271. The molecule has 44 heavy (non-hydrogen) atoms. The minimum atomic E-state index is -3.01. The number of hydrogen-bond acceptors (Lipinski definition) is 11. The van der Waals surface area contributed by atoms with Crippen LogP contribution in [0.25, 0.3) is 21.8 Å². The molecular weight excluding hydrogens is 604 g/mol. The molecule has 0 radical (unpaired) electrons. The monoisotopic (exact) mass is 640 g/mol. The second-order valence-electron chi connectivity index (χ2n) is 10.7. The third-order valence-corrected chi connectivity index (χ3v) is 9.41. The smallest absolute Gasteiger partial charge is 0.227 e. The van der Waals surface area contributed by atoms with Crippen LogP contribution in [0.2, 0.25) is 0 Å². The van der Waals surface area contributed by atoms with Crippen molar-refractivity contribution in [1.29, 1.82) is 0 Å². The fourth-order valence-corrected chi connectivity index (χ4v) is 6.77. The average Bonchev–Trinajstić information content (AvgIpc) is 3.44. The molecule has 4 aromatic rings. The van der Waals surface area contributed by atoms with Crippen LogP contribution >= 0.6 is 11.3 Å². The van der Waals surface area contributed by atoms with Gasteiger partial charge >= 0.3 is 0 Å². The third kappa shape index (κ3) is 7.82. The Bertz CT molecular complexity index is 1680. The number of nitrogens with one attached hydrogen (secondary N) is 1. The van der Waals surface area contributed by atoms with E-state index in [4.69, 9.17) is 19.4 Å². The Morgan fingerprint density at radius 1 is 1.00 bits per heavy atom. The highest BCUT2D eigenvalue weighted by Crippen LogP contribution is 2.39. The summed E-state index contributed by atoms with van der Waals surface area (Å²) in [6.45, 7) is 5.21. The summed E-state index contributed by atoms with van der Waals surface area (Å²) in [5.74, 6) is 1.45. The quantitative estimate of drug-likeness (QED) is 0.220. The zero-order chi connectivity index (χ0) is 31.3. The lowest BCUT2D eigenvalue weighted by Gasteiger charge is -2.36. The molecule has 1 N–H and O–H groups in total. The standard InChI is InChI=1S/C31H37FN6O4S2/c1-5-6-28-36-29(21-17-23(41-2)20-24(18-21)42-3)30(43-28)26-9-10-33-31(35-26)34-22-7-8-27(25(32)19-22)38-13-11-37(12-14-38)15-16-44(4,39)40/h7-10,17-20H,5-6,11-16H2,1-4H3,(H,33,34,35). The van der Waals surface area contributed by atoms with Crippen molar-refractivity contribution >= 4 is 38.5 Å². The van der Waals surface area contributed by atoms with Gasteiger partial charge < -0.3 is 19.7 Å². The summed E-state index contributed by atoms with van der Waals surface area (Å²) in [5, 5.41) is 4.15. The van der Waals surface area contributed by atoms with E-state index in [2.05, 4.69) is 22.1 Å². The average molecular weight is 641 g/mol. The second-order valence-corrected chi connectivity index (χ2v) is 14.0. The number of aromatic nitrogens is 3. The second kappa shape index (κ2) is 13.9. The van der Waals surface area contributed by atoms with Crippen molar-refractivity contribution in [2.45, 2.75) is 19.8 Å². The van der Waals surface area contributed by atoms with Crippen molar-refractivity contribution in [3.63, 3.8) is 0 Å². The van der Waals surface area contributed by atoms with Crippen LogP contribution in [0.3, 0.4) is 0 Å². The summed E-state index contributed by atoms with van der Waals surface area (Å²) in [7, 11) is 0.222. The number of hydrogen-bond donors (Lipinski definition) is 1. The van der Waals surface area contributed by atoms with Gasteiger partial charge in [0, 0.05) is 62.5 Å². The summed E-state index contributed by atoms with van der Waals surface area (Å²) in [6, 6.07) is 12.5. The highest BCUT2D eigenvalue weighted by atomic mass is 32.2. The molecule has 1 aliphatic heterocycles. The first-order valence-corrected chi connectivity index (χ1v) is 17.3. The van der Waals surface area contributed by atoms with Crippen LogP contribution in [0.5, 0.6) is 11.5 Å². The maximum Gasteiger partial charge on any atom is 0.227 e. The van der Waals surface area contributed by atoms with Crippen molar-refractivity contribution in [1.82, 2.24) is 19.9 Å². The predicted octanol–water partition coefficient (Wildman–Crippen LogP) is 5.29. The van der Waals surface area contributed by atoms with E-state index in [0.29, 0.717) is 67.2 Å². The number of halogens is 1. The van der Waals surface area contributed by atoms with Crippen molar-refractivity contribution in [2.24, 2.45) is 0 Å². The van der Waals surface area contributed by atoms with Crippen LogP contribution in [-0.2, 0) is 16.3 Å². The molecule has 0 aliphatic carbocycles. The first-order valence-electron chi connectivity index (χ1n) is 14.4. The SMILES string of the molecule is CCCc1nc(-c2cc(OC)cc(OC)c2)c(-c2ccnc(Nc3ccc(N4CCN(CCS(C)(=O)=O)CC4)c(F)c3)n2)s1. The maximum atomic E-state index is 15.3. The van der Waals surface area contributed by atoms with Gasteiger partial charge in [0.25, 0.3) is 0 Å². The molecule has 0 saturated carbocycles. The maximum absolute atomic E-state index is 15.3. The van der Waals surface area contributed by atoms with Gasteiger partial charge in [0.15, 0.2) is 0 Å². The van der Waals surface area contributed by atoms with E-state index < -0.39 is 9.84 Å². The molecular formula is C31H37FN6O4S2. The molecule has 1 fully saturated rings. The third-order valence-electron chi connectivity index (χ3n) is 7.34. The Labute approximate surface area is 261 Å². The number of rotatable bonds is 12. The Morgan fingerprint density at radius 2 is 1.73 bits per heavy atom. The lowest BCUT2D eigenvalue weighted by atomic mass is 10.1. The minimum Gasteiger partial charge on any atom is -0.497 e. The van der Waals surface area contributed by atoms with Crippen LogP contribution in [0.15, 0.2) is 48.7 Å². The molecule has 1 aliphatic rings. The predicted molar refractivity (Wildman–Crippen MR) is 174 cm³/mol. The van der Waals surface area contributed by atoms with E-state index >= 15 is 4.39 Å². The van der Waals surface area contributed by atoms with Gasteiger partial charge in [-0.25, -0.2) is 27.8 Å². The number of anilines is 3. The lowest BCUT2D eigenvalue weighted by Crippen LogP contribution is -2.47. The molecule has 0 spiro atoms. The molecule has 13 heteroatoms. The largest absolute Gasteiger partial charge is 0.497 e. The van der Waals surface area contributed by atoms with E-state index in [9.17, 15) is 8.42 Å². The van der Waals surface area contributed by atoms with E-state index in [1.165, 1.54) is 12.3 Å². The molecule has 2 aromatic heterocycles. The van der Waals surface area contributed by atoms with Crippen molar-refractivity contribution in [3.8, 4) is 33.3 Å². The molecule has 5 rings (SSSR count). The van der Waals surface area contributed by atoms with Gasteiger partial charge in [0.1, 0.15) is 27.2 Å². The van der Waals surface area contributed by atoms with Gasteiger partial charge in [-0.2, -0.15) is 0 Å². The van der Waals surface area contributed by atoms with Crippen molar-refractivity contribution in [3.05, 3.63) is 59.5 Å². The Balaban J connectivity index is 1.34. The van der Waals surface area contributed by atoms with Gasteiger partial charge in [0.2, 0.25) is 5.95 Å². The summed E-state index contributed by atoms with van der Waals surface area (Å²) in [4.78, 5) is 19.1. The van der Waals surface area contributed by atoms with E-state index in [1.807, 2.05) is 35.2 Å². The Kier molecular flexibility index (Phi) is 9.97. The number of piperazine rings is 1. The Morgan fingerprint density at radius 3 is 2.36 bits per heavy atom. The Hall–Kier alpha value is -3.81. The summed E-state index contributed by atoms with van der Waals surface area (Å²) < 4.78 is 49.2. The highest BCUT2D eigenvalue weighted by Gasteiger charge is 2.21. The van der Waals surface area contributed by atoms with Crippen LogP contribution in [0.4, 0.5) is 21.7 Å².